The number of aryl methyl sites for hydroxylation is 1. The standard InChI is InChI=1S/C31H26N4O2S/c1-23-17-19-24(20-18-23)29-21-30(35(32-29)38(36,37)27-15-9-4-10-16-27)28-22-34(26-13-7-3-8-14-26)33-31(28)25-11-5-2-6-12-25/h2-20,22,30H,21H2,1H3. The number of hydrazone groups is 1. The Hall–Kier alpha value is -4.49. The van der Waals surface area contributed by atoms with Gasteiger partial charge in [0.25, 0.3) is 10.0 Å². The van der Waals surface area contributed by atoms with Crippen molar-refractivity contribution >= 4 is 15.7 Å². The minimum Gasteiger partial charge on any atom is -0.240 e. The average Bonchev–Trinajstić information content (AvgIpc) is 3.61. The highest BCUT2D eigenvalue weighted by Crippen LogP contribution is 2.41. The van der Waals surface area contributed by atoms with Crippen molar-refractivity contribution in [1.29, 1.82) is 0 Å². The minimum absolute atomic E-state index is 0.204. The monoisotopic (exact) mass is 518 g/mol. The third-order valence-corrected chi connectivity index (χ3v) is 8.41. The minimum atomic E-state index is -3.93. The molecule has 5 aromatic rings. The molecule has 1 unspecified atom stereocenters. The van der Waals surface area contributed by atoms with Gasteiger partial charge in [-0.3, -0.25) is 0 Å². The van der Waals surface area contributed by atoms with Crippen LogP contribution < -0.4 is 0 Å². The van der Waals surface area contributed by atoms with E-state index < -0.39 is 16.1 Å². The molecule has 0 aliphatic carbocycles. The van der Waals surface area contributed by atoms with Gasteiger partial charge in [-0.15, -0.1) is 0 Å². The summed E-state index contributed by atoms with van der Waals surface area (Å²) in [6.07, 6.45) is 2.36. The van der Waals surface area contributed by atoms with Gasteiger partial charge in [0.1, 0.15) is 0 Å². The Morgan fingerprint density at radius 2 is 1.34 bits per heavy atom. The largest absolute Gasteiger partial charge is 0.279 e. The maximum Gasteiger partial charge on any atom is 0.279 e. The summed E-state index contributed by atoms with van der Waals surface area (Å²) < 4.78 is 31.0. The number of hydrogen-bond donors (Lipinski definition) is 0. The smallest absolute Gasteiger partial charge is 0.240 e. The Labute approximate surface area is 222 Å². The SMILES string of the molecule is Cc1ccc(C2=NN(S(=O)(=O)c3ccccc3)C(c3cn(-c4ccccc4)nc3-c3ccccc3)C2)cc1. The highest BCUT2D eigenvalue weighted by atomic mass is 32.2. The molecule has 6 nitrogen and oxygen atoms in total. The quantitative estimate of drug-likeness (QED) is 0.262. The van der Waals surface area contributed by atoms with Crippen molar-refractivity contribution in [2.75, 3.05) is 0 Å². The van der Waals surface area contributed by atoms with Crippen LogP contribution in [-0.2, 0) is 10.0 Å². The summed E-state index contributed by atoms with van der Waals surface area (Å²) in [7, 11) is -3.93. The normalized spacial score (nSPS) is 15.4. The zero-order chi connectivity index (χ0) is 26.1. The van der Waals surface area contributed by atoms with E-state index in [1.54, 1.807) is 30.3 Å². The zero-order valence-corrected chi connectivity index (χ0v) is 21.7. The zero-order valence-electron chi connectivity index (χ0n) is 20.8. The second kappa shape index (κ2) is 9.76. The van der Waals surface area contributed by atoms with Crippen molar-refractivity contribution in [3.8, 4) is 16.9 Å². The lowest BCUT2D eigenvalue weighted by Crippen LogP contribution is -2.27. The molecule has 38 heavy (non-hydrogen) atoms. The molecule has 2 heterocycles. The van der Waals surface area contributed by atoms with Crippen molar-refractivity contribution in [2.24, 2.45) is 5.10 Å². The molecule has 0 fully saturated rings. The van der Waals surface area contributed by atoms with E-state index >= 15 is 0 Å². The molecule has 0 saturated carbocycles. The van der Waals surface area contributed by atoms with Crippen LogP contribution in [-0.4, -0.2) is 28.3 Å². The Morgan fingerprint density at radius 1 is 0.737 bits per heavy atom. The number of sulfonamides is 1. The molecule has 0 bridgehead atoms. The van der Waals surface area contributed by atoms with E-state index in [0.29, 0.717) is 6.42 Å². The van der Waals surface area contributed by atoms with E-state index in [9.17, 15) is 8.42 Å². The lowest BCUT2D eigenvalue weighted by atomic mass is 9.97. The first kappa shape index (κ1) is 23.9. The van der Waals surface area contributed by atoms with Crippen LogP contribution in [0.5, 0.6) is 0 Å². The average molecular weight is 519 g/mol. The van der Waals surface area contributed by atoms with Gasteiger partial charge in [0.15, 0.2) is 0 Å². The van der Waals surface area contributed by atoms with Gasteiger partial charge in [-0.2, -0.15) is 23.0 Å². The summed E-state index contributed by atoms with van der Waals surface area (Å²) in [4.78, 5) is 0.204. The van der Waals surface area contributed by atoms with Crippen molar-refractivity contribution in [3.63, 3.8) is 0 Å². The number of para-hydroxylation sites is 1. The second-order valence-electron chi connectivity index (χ2n) is 9.30. The Bertz CT molecular complexity index is 1700. The summed E-state index contributed by atoms with van der Waals surface area (Å²) in [6.45, 7) is 2.03. The molecule has 7 heteroatoms. The van der Waals surface area contributed by atoms with Gasteiger partial charge in [-0.05, 0) is 36.8 Å². The molecule has 0 saturated heterocycles. The van der Waals surface area contributed by atoms with Crippen LogP contribution in [0.4, 0.5) is 0 Å². The highest BCUT2D eigenvalue weighted by Gasteiger charge is 2.40. The van der Waals surface area contributed by atoms with Gasteiger partial charge >= 0.3 is 0 Å². The van der Waals surface area contributed by atoms with Gasteiger partial charge < -0.3 is 0 Å². The number of hydrogen-bond acceptors (Lipinski definition) is 4. The van der Waals surface area contributed by atoms with Crippen molar-refractivity contribution in [3.05, 3.63) is 138 Å². The molecular weight excluding hydrogens is 492 g/mol. The fraction of sp³-hybridized carbons (Fsp3) is 0.0968. The van der Waals surface area contributed by atoms with Crippen LogP contribution in [0.3, 0.4) is 0 Å². The molecule has 0 spiro atoms. The number of aromatic nitrogens is 2. The van der Waals surface area contributed by atoms with Crippen LogP contribution in [0.1, 0.15) is 29.2 Å². The van der Waals surface area contributed by atoms with Crippen molar-refractivity contribution < 1.29 is 8.42 Å². The summed E-state index contributed by atoms with van der Waals surface area (Å²) >= 11 is 0. The molecule has 1 atom stereocenters. The number of benzene rings is 4. The fourth-order valence-corrected chi connectivity index (χ4v) is 6.17. The third-order valence-electron chi connectivity index (χ3n) is 6.71. The predicted octanol–water partition coefficient (Wildman–Crippen LogP) is 6.39. The Morgan fingerprint density at radius 3 is 2.00 bits per heavy atom. The molecule has 1 aromatic heterocycles. The van der Waals surface area contributed by atoms with Crippen LogP contribution in [0.2, 0.25) is 0 Å². The highest BCUT2D eigenvalue weighted by molar-refractivity contribution is 7.89. The molecule has 0 N–H and O–H groups in total. The first-order chi connectivity index (χ1) is 18.5. The predicted molar refractivity (Wildman–Crippen MR) is 150 cm³/mol. The van der Waals surface area contributed by atoms with Gasteiger partial charge in [0.2, 0.25) is 0 Å². The summed E-state index contributed by atoms with van der Waals surface area (Å²) in [6, 6.07) is 35.6. The molecule has 6 rings (SSSR count). The van der Waals surface area contributed by atoms with Gasteiger partial charge in [0, 0.05) is 23.7 Å². The third kappa shape index (κ3) is 4.41. The Balaban J connectivity index is 1.52. The molecule has 4 aromatic carbocycles. The number of nitrogens with zero attached hydrogens (tertiary/aromatic N) is 4. The molecular formula is C31H26N4O2S. The summed E-state index contributed by atoms with van der Waals surface area (Å²) in [5.41, 5.74) is 6.10. The first-order valence-electron chi connectivity index (χ1n) is 12.4. The van der Waals surface area contributed by atoms with Crippen LogP contribution in [0.25, 0.3) is 16.9 Å². The maximum atomic E-state index is 14.0. The lowest BCUT2D eigenvalue weighted by Gasteiger charge is -2.23. The summed E-state index contributed by atoms with van der Waals surface area (Å²) in [5.74, 6) is 0. The van der Waals surface area contributed by atoms with Gasteiger partial charge in [-0.1, -0.05) is 96.6 Å². The van der Waals surface area contributed by atoms with E-state index in [1.165, 1.54) is 4.41 Å². The molecule has 1 aliphatic heterocycles. The summed E-state index contributed by atoms with van der Waals surface area (Å²) in [5, 5.41) is 9.67. The molecule has 0 radical (unpaired) electrons. The van der Waals surface area contributed by atoms with E-state index in [0.717, 1.165) is 39.3 Å². The second-order valence-corrected chi connectivity index (χ2v) is 11.1. The number of rotatable bonds is 6. The fourth-order valence-electron chi connectivity index (χ4n) is 4.73. The van der Waals surface area contributed by atoms with Crippen molar-refractivity contribution in [1.82, 2.24) is 14.2 Å². The van der Waals surface area contributed by atoms with Crippen LogP contribution in [0, 0.1) is 6.92 Å². The first-order valence-corrected chi connectivity index (χ1v) is 13.9. The van der Waals surface area contributed by atoms with Crippen LogP contribution in [0.15, 0.2) is 131 Å². The van der Waals surface area contributed by atoms with E-state index in [4.69, 9.17) is 10.2 Å². The van der Waals surface area contributed by atoms with Crippen LogP contribution >= 0.6 is 0 Å². The maximum absolute atomic E-state index is 14.0. The topological polar surface area (TPSA) is 67.6 Å². The lowest BCUT2D eigenvalue weighted by molar-refractivity contribution is 0.372. The van der Waals surface area contributed by atoms with Crippen molar-refractivity contribution in [2.45, 2.75) is 24.3 Å². The molecule has 188 valence electrons. The molecule has 0 amide bonds. The van der Waals surface area contributed by atoms with E-state index in [-0.39, 0.29) is 4.90 Å². The van der Waals surface area contributed by atoms with E-state index in [1.807, 2.05) is 103 Å². The van der Waals surface area contributed by atoms with Gasteiger partial charge in [-0.25, -0.2) is 4.68 Å². The van der Waals surface area contributed by atoms with Gasteiger partial charge in [0.05, 0.1) is 28.0 Å². The molecule has 1 aliphatic rings. The Kier molecular flexibility index (Phi) is 6.13. The van der Waals surface area contributed by atoms with E-state index in [2.05, 4.69) is 0 Å².